The van der Waals surface area contributed by atoms with Gasteiger partial charge in [-0.3, -0.25) is 9.67 Å². The molecular formula is C10H7ClN4S. The Morgan fingerprint density at radius 3 is 2.94 bits per heavy atom. The van der Waals surface area contributed by atoms with Gasteiger partial charge in [-0.05, 0) is 12.1 Å². The number of hydrogen-bond acceptors (Lipinski definition) is 4. The minimum absolute atomic E-state index is 0.710. The van der Waals surface area contributed by atoms with Crippen LogP contribution in [-0.4, -0.2) is 19.7 Å². The molecule has 0 spiro atoms. The molecule has 0 bridgehead atoms. The molecule has 16 heavy (non-hydrogen) atoms. The van der Waals surface area contributed by atoms with Crippen LogP contribution >= 0.6 is 22.9 Å². The average Bonchev–Trinajstić information content (AvgIpc) is 2.84. The van der Waals surface area contributed by atoms with Crippen LogP contribution in [0.5, 0.6) is 0 Å². The molecule has 0 aliphatic rings. The molecule has 3 aromatic heterocycles. The van der Waals surface area contributed by atoms with Crippen molar-refractivity contribution >= 4 is 33.2 Å². The lowest BCUT2D eigenvalue weighted by Gasteiger charge is -1.88. The average molecular weight is 251 g/mol. The highest BCUT2D eigenvalue weighted by molar-refractivity contribution is 7.22. The Labute approximate surface area is 101 Å². The van der Waals surface area contributed by atoms with E-state index >= 15 is 0 Å². The van der Waals surface area contributed by atoms with E-state index < -0.39 is 0 Å². The van der Waals surface area contributed by atoms with Gasteiger partial charge in [-0.2, -0.15) is 5.10 Å². The predicted molar refractivity (Wildman–Crippen MR) is 64.6 cm³/mol. The fourth-order valence-corrected chi connectivity index (χ4v) is 2.70. The summed E-state index contributed by atoms with van der Waals surface area (Å²) in [6.07, 6.45) is 3.38. The third-order valence-corrected chi connectivity index (χ3v) is 3.76. The molecule has 4 nitrogen and oxygen atoms in total. The van der Waals surface area contributed by atoms with E-state index in [9.17, 15) is 0 Å². The molecule has 0 aliphatic carbocycles. The summed E-state index contributed by atoms with van der Waals surface area (Å²) in [6, 6.07) is 3.75. The zero-order chi connectivity index (χ0) is 11.1. The van der Waals surface area contributed by atoms with E-state index in [2.05, 4.69) is 15.1 Å². The van der Waals surface area contributed by atoms with Gasteiger partial charge in [0.2, 0.25) is 0 Å². The van der Waals surface area contributed by atoms with Crippen LogP contribution in [0.3, 0.4) is 0 Å². The van der Waals surface area contributed by atoms with Gasteiger partial charge in [0.05, 0.1) is 20.1 Å². The molecule has 0 atom stereocenters. The molecule has 0 saturated heterocycles. The Bertz CT molecular complexity index is 658. The van der Waals surface area contributed by atoms with E-state index in [1.54, 1.807) is 34.6 Å². The number of aromatic nitrogens is 4. The fraction of sp³-hybridized carbons (Fsp3) is 0.100. The molecule has 6 heteroatoms. The largest absolute Gasteiger partial charge is 0.255 e. The summed E-state index contributed by atoms with van der Waals surface area (Å²) in [6.45, 7) is 0. The van der Waals surface area contributed by atoms with Crippen molar-refractivity contribution in [1.82, 2.24) is 19.7 Å². The van der Waals surface area contributed by atoms with Gasteiger partial charge < -0.3 is 0 Å². The molecule has 3 aromatic rings. The van der Waals surface area contributed by atoms with Crippen molar-refractivity contribution in [3.8, 4) is 10.7 Å². The van der Waals surface area contributed by atoms with E-state index in [1.165, 1.54) is 0 Å². The van der Waals surface area contributed by atoms with Crippen LogP contribution in [0, 0.1) is 0 Å². The minimum atomic E-state index is 0.710. The minimum Gasteiger partial charge on any atom is -0.255 e. The van der Waals surface area contributed by atoms with Gasteiger partial charge >= 0.3 is 0 Å². The quantitative estimate of drug-likeness (QED) is 0.667. The smallest absolute Gasteiger partial charge is 0.191 e. The van der Waals surface area contributed by atoms with Crippen LogP contribution in [0.25, 0.3) is 20.9 Å². The summed E-state index contributed by atoms with van der Waals surface area (Å²) in [4.78, 5) is 9.44. The monoisotopic (exact) mass is 250 g/mol. The highest BCUT2D eigenvalue weighted by Crippen LogP contribution is 2.34. The van der Waals surface area contributed by atoms with E-state index in [4.69, 9.17) is 11.6 Å². The van der Waals surface area contributed by atoms with Gasteiger partial charge in [0.15, 0.2) is 5.82 Å². The molecule has 0 N–H and O–H groups in total. The topological polar surface area (TPSA) is 43.6 Å². The standard InChI is InChI=1S/C10H7ClN4S/c1-15-5-13-10(14-15)8-4-7-9(16-8)6(11)2-3-12-7/h2-5H,1H3. The maximum Gasteiger partial charge on any atom is 0.191 e. The van der Waals surface area contributed by atoms with Crippen LogP contribution in [-0.2, 0) is 7.05 Å². The van der Waals surface area contributed by atoms with Gasteiger partial charge in [0, 0.05) is 13.2 Å². The SMILES string of the molecule is Cn1cnc(-c2cc3nccc(Cl)c3s2)n1. The van der Waals surface area contributed by atoms with Crippen LogP contribution < -0.4 is 0 Å². The maximum absolute atomic E-state index is 6.09. The van der Waals surface area contributed by atoms with Crippen LogP contribution in [0.2, 0.25) is 5.02 Å². The van der Waals surface area contributed by atoms with Crippen molar-refractivity contribution in [3.05, 3.63) is 29.7 Å². The van der Waals surface area contributed by atoms with Gasteiger partial charge in [-0.1, -0.05) is 11.6 Å². The highest BCUT2D eigenvalue weighted by atomic mass is 35.5. The lowest BCUT2D eigenvalue weighted by atomic mass is 10.3. The zero-order valence-corrected chi connectivity index (χ0v) is 9.96. The number of pyridine rings is 1. The summed E-state index contributed by atoms with van der Waals surface area (Å²) in [5.74, 6) is 0.710. The number of rotatable bonds is 1. The van der Waals surface area contributed by atoms with Gasteiger partial charge in [0.1, 0.15) is 6.33 Å². The first-order valence-electron chi connectivity index (χ1n) is 4.64. The Kier molecular flexibility index (Phi) is 2.15. The summed E-state index contributed by atoms with van der Waals surface area (Å²) in [5, 5.41) is 4.97. The van der Waals surface area contributed by atoms with E-state index in [0.29, 0.717) is 5.82 Å². The molecule has 0 aliphatic heterocycles. The second-order valence-corrected chi connectivity index (χ2v) is 4.82. The summed E-state index contributed by atoms with van der Waals surface area (Å²) in [5.41, 5.74) is 0.889. The molecular weight excluding hydrogens is 244 g/mol. The summed E-state index contributed by atoms with van der Waals surface area (Å²) < 4.78 is 2.65. The first kappa shape index (κ1) is 9.74. The lowest BCUT2D eigenvalue weighted by Crippen LogP contribution is -1.86. The van der Waals surface area contributed by atoms with Gasteiger partial charge in [0.25, 0.3) is 0 Å². The normalized spacial score (nSPS) is 11.1. The summed E-state index contributed by atoms with van der Waals surface area (Å²) >= 11 is 7.64. The first-order valence-corrected chi connectivity index (χ1v) is 5.83. The second kappa shape index (κ2) is 3.54. The van der Waals surface area contributed by atoms with E-state index in [1.807, 2.05) is 13.1 Å². The Balaban J connectivity index is 2.22. The van der Waals surface area contributed by atoms with Gasteiger partial charge in [-0.15, -0.1) is 11.3 Å². The number of nitrogens with zero attached hydrogens (tertiary/aromatic N) is 4. The third kappa shape index (κ3) is 1.48. The number of thiophene rings is 1. The van der Waals surface area contributed by atoms with Crippen molar-refractivity contribution in [2.24, 2.45) is 7.05 Å². The Hall–Kier alpha value is -1.46. The molecule has 0 unspecified atom stereocenters. The summed E-state index contributed by atoms with van der Waals surface area (Å²) in [7, 11) is 1.84. The maximum atomic E-state index is 6.09. The fourth-order valence-electron chi connectivity index (χ4n) is 1.47. The molecule has 0 radical (unpaired) electrons. The Morgan fingerprint density at radius 2 is 2.25 bits per heavy atom. The number of halogens is 1. The highest BCUT2D eigenvalue weighted by Gasteiger charge is 2.10. The van der Waals surface area contributed by atoms with Crippen LogP contribution in [0.4, 0.5) is 0 Å². The molecule has 3 rings (SSSR count). The number of hydrogen-bond donors (Lipinski definition) is 0. The molecule has 80 valence electrons. The van der Waals surface area contributed by atoms with E-state index in [-0.39, 0.29) is 0 Å². The molecule has 0 amide bonds. The molecule has 3 heterocycles. The van der Waals surface area contributed by atoms with Crippen LogP contribution in [0.15, 0.2) is 24.7 Å². The number of fused-ring (bicyclic) bond motifs is 1. The second-order valence-electron chi connectivity index (χ2n) is 3.36. The van der Waals surface area contributed by atoms with Crippen molar-refractivity contribution < 1.29 is 0 Å². The first-order chi connectivity index (χ1) is 7.74. The number of aryl methyl sites for hydroxylation is 1. The van der Waals surface area contributed by atoms with E-state index in [0.717, 1.165) is 20.1 Å². The zero-order valence-electron chi connectivity index (χ0n) is 8.38. The van der Waals surface area contributed by atoms with Crippen molar-refractivity contribution in [3.63, 3.8) is 0 Å². The van der Waals surface area contributed by atoms with Crippen LogP contribution in [0.1, 0.15) is 0 Å². The van der Waals surface area contributed by atoms with Crippen molar-refractivity contribution in [2.75, 3.05) is 0 Å². The molecule has 0 aromatic carbocycles. The third-order valence-electron chi connectivity index (χ3n) is 2.18. The van der Waals surface area contributed by atoms with Crippen molar-refractivity contribution in [1.29, 1.82) is 0 Å². The Morgan fingerprint density at radius 1 is 1.38 bits per heavy atom. The predicted octanol–water partition coefficient (Wildman–Crippen LogP) is 2.75. The molecule has 0 saturated carbocycles. The molecule has 0 fully saturated rings. The lowest BCUT2D eigenvalue weighted by molar-refractivity contribution is 0.768. The van der Waals surface area contributed by atoms with Crippen molar-refractivity contribution in [2.45, 2.75) is 0 Å². The van der Waals surface area contributed by atoms with Gasteiger partial charge in [-0.25, -0.2) is 4.98 Å².